The average Bonchev–Trinajstić information content (AvgIpc) is 3.27. The zero-order chi connectivity index (χ0) is 29.1. The van der Waals surface area contributed by atoms with Crippen molar-refractivity contribution in [3.63, 3.8) is 0 Å². The number of amides is 2. The molecule has 0 unspecified atom stereocenters. The lowest BCUT2D eigenvalue weighted by atomic mass is 10.0. The van der Waals surface area contributed by atoms with E-state index >= 15 is 0 Å². The second kappa shape index (κ2) is 11.4. The van der Waals surface area contributed by atoms with Gasteiger partial charge in [-0.3, -0.25) is 9.40 Å². The van der Waals surface area contributed by atoms with Gasteiger partial charge in [0, 0.05) is 29.6 Å². The van der Waals surface area contributed by atoms with Crippen LogP contribution in [0, 0.1) is 6.92 Å². The number of anilines is 1. The van der Waals surface area contributed by atoms with Gasteiger partial charge in [-0.1, -0.05) is 30.3 Å². The van der Waals surface area contributed by atoms with Gasteiger partial charge in [-0.15, -0.1) is 13.2 Å². The number of carbonyl (C=O) groups is 1. The Kier molecular flexibility index (Phi) is 7.75. The molecule has 0 bridgehead atoms. The molecule has 210 valence electrons. The molecule has 0 radical (unpaired) electrons. The number of rotatable bonds is 7. The second-order valence-electron chi connectivity index (χ2n) is 9.02. The molecule has 2 amide bonds. The molecule has 41 heavy (non-hydrogen) atoms. The molecule has 0 aliphatic rings. The Hall–Kier alpha value is -4.71. The van der Waals surface area contributed by atoms with Gasteiger partial charge >= 0.3 is 12.4 Å². The number of para-hydroxylation sites is 1. The molecule has 1 aromatic heterocycles. The van der Waals surface area contributed by atoms with Crippen molar-refractivity contribution in [1.29, 1.82) is 0 Å². The highest BCUT2D eigenvalue weighted by Crippen LogP contribution is 2.34. The van der Waals surface area contributed by atoms with Crippen molar-refractivity contribution in [2.24, 2.45) is 11.4 Å². The molecule has 0 fully saturated rings. The smallest absolute Gasteiger partial charge is 0.495 e. The summed E-state index contributed by atoms with van der Waals surface area (Å²) in [6, 6.07) is 20.4. The van der Waals surface area contributed by atoms with Gasteiger partial charge in [0.2, 0.25) is 0 Å². The number of nitrogens with one attached hydrogen (secondary N) is 2. The summed E-state index contributed by atoms with van der Waals surface area (Å²) in [5, 5.41) is 10.2. The first kappa shape index (κ1) is 27.8. The van der Waals surface area contributed by atoms with Crippen LogP contribution in [0.2, 0.25) is 0 Å². The minimum absolute atomic E-state index is 0.284. The fraction of sp³-hybridized carbons (Fsp3) is 0.138. The predicted molar refractivity (Wildman–Crippen MR) is 155 cm³/mol. The van der Waals surface area contributed by atoms with E-state index in [1.165, 1.54) is 19.2 Å². The van der Waals surface area contributed by atoms with E-state index in [1.807, 2.05) is 49.4 Å². The first-order valence-electron chi connectivity index (χ1n) is 12.3. The van der Waals surface area contributed by atoms with E-state index in [0.717, 1.165) is 50.6 Å². The maximum atomic E-state index is 12.5. The van der Waals surface area contributed by atoms with Crippen LogP contribution in [0.4, 0.5) is 23.7 Å². The zero-order valence-electron chi connectivity index (χ0n) is 22.1. The molecule has 12 heteroatoms. The lowest BCUT2D eigenvalue weighted by Crippen LogP contribution is -2.23. The van der Waals surface area contributed by atoms with Crippen LogP contribution in [0.15, 0.2) is 77.2 Å². The Balaban J connectivity index is 1.30. The molecule has 0 spiro atoms. The van der Waals surface area contributed by atoms with Gasteiger partial charge < -0.3 is 14.8 Å². The Bertz CT molecular complexity index is 1770. The Morgan fingerprint density at radius 2 is 1.80 bits per heavy atom. The number of benzene rings is 4. The topological polar surface area (TPSA) is 89.8 Å². The van der Waals surface area contributed by atoms with Crippen LogP contribution in [0.5, 0.6) is 11.5 Å². The van der Waals surface area contributed by atoms with E-state index in [0.29, 0.717) is 17.0 Å². The van der Waals surface area contributed by atoms with E-state index < -0.39 is 12.4 Å². The van der Waals surface area contributed by atoms with Gasteiger partial charge in [0.1, 0.15) is 17.0 Å². The third-order valence-corrected chi connectivity index (χ3v) is 6.78. The number of methoxy groups -OCH3 is 1. The average molecular weight is 580 g/mol. The molecule has 4 aromatic carbocycles. The molecular formula is C29H24F3N5O3S. The third kappa shape index (κ3) is 6.22. The number of fused-ring (bicyclic) bond motifs is 3. The number of hydrogen-bond acceptors (Lipinski definition) is 6. The molecule has 5 aromatic rings. The maximum absolute atomic E-state index is 12.5. The van der Waals surface area contributed by atoms with Crippen molar-refractivity contribution in [1.82, 2.24) is 14.5 Å². The highest BCUT2D eigenvalue weighted by atomic mass is 32.2. The lowest BCUT2D eigenvalue weighted by Gasteiger charge is -2.12. The largest absolute Gasteiger partial charge is 0.573 e. The zero-order valence-corrected chi connectivity index (χ0v) is 22.9. The summed E-state index contributed by atoms with van der Waals surface area (Å²) in [5.74, 6) is 0.278. The summed E-state index contributed by atoms with van der Waals surface area (Å²) in [7, 11) is 3.33. The van der Waals surface area contributed by atoms with Crippen molar-refractivity contribution in [3.05, 3.63) is 83.9 Å². The summed E-state index contributed by atoms with van der Waals surface area (Å²) in [5.41, 5.74) is 4.52. The minimum atomic E-state index is -4.75. The highest BCUT2D eigenvalue weighted by molar-refractivity contribution is 7.96. The van der Waals surface area contributed by atoms with Gasteiger partial charge in [-0.2, -0.15) is 5.10 Å². The first-order chi connectivity index (χ1) is 19.6. The van der Waals surface area contributed by atoms with Crippen molar-refractivity contribution < 1.29 is 27.4 Å². The molecule has 5 rings (SSSR count). The molecular weight excluding hydrogens is 555 g/mol. The van der Waals surface area contributed by atoms with Crippen molar-refractivity contribution in [2.75, 3.05) is 12.4 Å². The van der Waals surface area contributed by atoms with Gasteiger partial charge in [0.25, 0.3) is 0 Å². The number of aromatic nitrogens is 2. The third-order valence-electron chi connectivity index (χ3n) is 6.29. The lowest BCUT2D eigenvalue weighted by molar-refractivity contribution is -0.274. The fourth-order valence-corrected chi connectivity index (χ4v) is 4.87. The van der Waals surface area contributed by atoms with Crippen LogP contribution >= 0.6 is 12.1 Å². The number of aryl methyl sites for hydroxylation is 2. The van der Waals surface area contributed by atoms with Crippen LogP contribution in [0.1, 0.15) is 11.1 Å². The van der Waals surface area contributed by atoms with E-state index in [1.54, 1.807) is 36.1 Å². The molecule has 0 atom stereocenters. The van der Waals surface area contributed by atoms with Gasteiger partial charge in [-0.25, -0.2) is 9.19 Å². The molecule has 8 nitrogen and oxygen atoms in total. The summed E-state index contributed by atoms with van der Waals surface area (Å²) in [6.45, 7) is 1.87. The predicted octanol–water partition coefficient (Wildman–Crippen LogP) is 7.41. The summed E-state index contributed by atoms with van der Waals surface area (Å²) < 4.78 is 55.4. The number of urea groups is 1. The van der Waals surface area contributed by atoms with Gasteiger partial charge in [-0.05, 0) is 65.9 Å². The number of alkyl halides is 3. The van der Waals surface area contributed by atoms with Crippen LogP contribution in [0.3, 0.4) is 0 Å². The Morgan fingerprint density at radius 3 is 2.54 bits per heavy atom. The maximum Gasteiger partial charge on any atom is 0.573 e. The van der Waals surface area contributed by atoms with Crippen LogP contribution in [-0.2, 0) is 7.05 Å². The fourth-order valence-electron chi connectivity index (χ4n) is 4.51. The minimum Gasteiger partial charge on any atom is -0.495 e. The molecule has 0 aliphatic heterocycles. The quantitative estimate of drug-likeness (QED) is 0.155. The number of carbonyl (C=O) groups excluding carboxylic acids is 1. The van der Waals surface area contributed by atoms with Crippen LogP contribution in [0.25, 0.3) is 32.9 Å². The first-order valence-corrected chi connectivity index (χ1v) is 13.1. The van der Waals surface area contributed by atoms with E-state index in [2.05, 4.69) is 24.3 Å². The van der Waals surface area contributed by atoms with E-state index in [-0.39, 0.29) is 5.75 Å². The molecule has 0 saturated carbocycles. The normalized spacial score (nSPS) is 11.8. The Morgan fingerprint density at radius 1 is 1.05 bits per heavy atom. The number of nitrogens with zero attached hydrogens (tertiary/aromatic N) is 3. The van der Waals surface area contributed by atoms with Crippen molar-refractivity contribution in [3.8, 4) is 22.8 Å². The monoisotopic (exact) mass is 579 g/mol. The molecule has 0 aliphatic carbocycles. The van der Waals surface area contributed by atoms with E-state index in [4.69, 9.17) is 4.74 Å². The second-order valence-corrected chi connectivity index (χ2v) is 9.62. The van der Waals surface area contributed by atoms with Crippen molar-refractivity contribution >= 4 is 51.7 Å². The standard InChI is InChI=1S/C29H24F3N5O3S/c1-17-5-4-6-24(39-3)25(17)34-28(38)36-41-33-16-18-7-13-22-20(15-18)10-14-23-26(22)35-37(2)27(23)19-8-11-21(12-9-19)40-29(30,31)32/h4-16H,1-3H3,(H2,34,36,38)/b33-16+. The summed E-state index contributed by atoms with van der Waals surface area (Å²) in [6.07, 6.45) is -3.11. The van der Waals surface area contributed by atoms with Crippen LogP contribution < -0.4 is 19.5 Å². The summed E-state index contributed by atoms with van der Waals surface area (Å²) >= 11 is 0.889. The molecule has 0 saturated heterocycles. The van der Waals surface area contributed by atoms with Gasteiger partial charge in [0.15, 0.2) is 0 Å². The van der Waals surface area contributed by atoms with Crippen molar-refractivity contribution in [2.45, 2.75) is 13.3 Å². The van der Waals surface area contributed by atoms with Crippen LogP contribution in [-0.4, -0.2) is 35.5 Å². The van der Waals surface area contributed by atoms with Gasteiger partial charge in [0.05, 0.1) is 30.6 Å². The number of ether oxygens (including phenoxy) is 2. The van der Waals surface area contributed by atoms with E-state index in [9.17, 15) is 18.0 Å². The SMILES string of the molecule is COc1cccc(C)c1NC(=O)NS/N=C/c1ccc2c(ccc3c(-c4ccc(OC(F)(F)F)cc4)n(C)nc32)c1. The molecule has 1 heterocycles. The highest BCUT2D eigenvalue weighted by Gasteiger charge is 2.31. The molecule has 2 N–H and O–H groups in total. The number of hydrogen-bond donors (Lipinski definition) is 2. The number of halogens is 3. The Labute approximate surface area is 237 Å². The summed E-state index contributed by atoms with van der Waals surface area (Å²) in [4.78, 5) is 12.3.